The molecule has 4 atom stereocenters. The normalized spacial score (nSPS) is 30.6. The number of urea groups is 1. The van der Waals surface area contributed by atoms with Crippen LogP contribution >= 0.6 is 11.8 Å². The van der Waals surface area contributed by atoms with E-state index in [0.29, 0.717) is 4.91 Å². The summed E-state index contributed by atoms with van der Waals surface area (Å²) in [5.74, 6) is 0.748. The summed E-state index contributed by atoms with van der Waals surface area (Å²) in [5.41, 5.74) is 1.62. The van der Waals surface area contributed by atoms with Gasteiger partial charge in [0.25, 0.3) is 5.91 Å². The van der Waals surface area contributed by atoms with Gasteiger partial charge in [0, 0.05) is 29.9 Å². The number of hydrogen-bond acceptors (Lipinski definition) is 6. The van der Waals surface area contributed by atoms with Crippen LogP contribution in [-0.4, -0.2) is 56.1 Å². The summed E-state index contributed by atoms with van der Waals surface area (Å²) in [6, 6.07) is 7.54. The van der Waals surface area contributed by atoms with Gasteiger partial charge >= 0.3 is 6.03 Å². The summed E-state index contributed by atoms with van der Waals surface area (Å²) in [6.45, 7) is 2.61. The molecule has 4 N–H and O–H groups in total. The van der Waals surface area contributed by atoms with Crippen LogP contribution in [-0.2, 0) is 4.79 Å². The third kappa shape index (κ3) is 3.44. The number of piperidine rings is 2. The van der Waals surface area contributed by atoms with Gasteiger partial charge in [-0.2, -0.15) is 0 Å². The molecule has 4 aliphatic heterocycles. The van der Waals surface area contributed by atoms with Crippen LogP contribution in [0.4, 0.5) is 10.5 Å². The quantitative estimate of drug-likeness (QED) is 0.577. The Hall–Kier alpha value is -2.23. The summed E-state index contributed by atoms with van der Waals surface area (Å²) >= 11 is 1.55. The molecule has 0 aromatic heterocycles. The molecule has 9 heteroatoms. The fraction of sp³-hybridized carbons (Fsp3) is 0.524. The van der Waals surface area contributed by atoms with E-state index >= 15 is 0 Å². The summed E-state index contributed by atoms with van der Waals surface area (Å²) in [4.78, 5) is 28.7. The molecule has 3 fully saturated rings. The Morgan fingerprint density at radius 2 is 2.07 bits per heavy atom. The average Bonchev–Trinajstić information content (AvgIpc) is 3.14. The summed E-state index contributed by atoms with van der Waals surface area (Å²) in [7, 11) is 1.63. The minimum atomic E-state index is -0.177. The SMILES string of the molecule is COc1ccc(N2C(=O)NC3=C(C(=O)N[C@@H]4CCCNC4)SC4NCCC2C34)cc1. The van der Waals surface area contributed by atoms with Gasteiger partial charge in [-0.25, -0.2) is 4.79 Å². The molecule has 3 saturated heterocycles. The molecule has 30 heavy (non-hydrogen) atoms. The smallest absolute Gasteiger partial charge is 0.326 e. The van der Waals surface area contributed by atoms with Crippen molar-refractivity contribution in [3.05, 3.63) is 34.9 Å². The van der Waals surface area contributed by atoms with Crippen molar-refractivity contribution >= 4 is 29.4 Å². The lowest BCUT2D eigenvalue weighted by Gasteiger charge is -2.45. The number of carbonyl (C=O) groups excluding carboxylic acids is 2. The predicted octanol–water partition coefficient (Wildman–Crippen LogP) is 1.36. The van der Waals surface area contributed by atoms with Gasteiger partial charge in [-0.05, 0) is 56.6 Å². The lowest BCUT2D eigenvalue weighted by atomic mass is 9.86. The van der Waals surface area contributed by atoms with Crippen LogP contribution in [0.3, 0.4) is 0 Å². The number of thioether (sulfide) groups is 1. The van der Waals surface area contributed by atoms with Crippen LogP contribution in [0.5, 0.6) is 5.75 Å². The standard InChI is InChI=1S/C21H27N5O3S/c1-29-14-6-4-13(5-7-14)26-15-8-10-23-20-16(15)17(25-21(26)28)18(30-20)19(27)24-12-3-2-9-22-11-12/h4-7,12,15-16,20,22-23H,2-3,8-11H2,1H3,(H,24,27)(H,25,28)/t12-,15?,16?,20?/m1/s1. The number of ether oxygens (including phenoxy) is 1. The van der Waals surface area contributed by atoms with Crippen LogP contribution in [0.25, 0.3) is 0 Å². The Morgan fingerprint density at radius 3 is 2.80 bits per heavy atom. The van der Waals surface area contributed by atoms with Crippen molar-refractivity contribution in [1.82, 2.24) is 21.3 Å². The van der Waals surface area contributed by atoms with Crippen molar-refractivity contribution in [2.24, 2.45) is 5.92 Å². The molecule has 3 unspecified atom stereocenters. The van der Waals surface area contributed by atoms with E-state index in [9.17, 15) is 9.59 Å². The molecule has 0 radical (unpaired) electrons. The Kier molecular flexibility index (Phi) is 5.34. The molecule has 0 spiro atoms. The fourth-order valence-corrected chi connectivity index (χ4v) is 6.29. The molecule has 0 aliphatic carbocycles. The zero-order valence-corrected chi connectivity index (χ0v) is 17.8. The second kappa shape index (κ2) is 8.13. The van der Waals surface area contributed by atoms with Crippen LogP contribution in [0, 0.1) is 5.92 Å². The highest BCUT2D eigenvalue weighted by Gasteiger charge is 2.51. The van der Waals surface area contributed by atoms with E-state index in [1.807, 2.05) is 29.2 Å². The first kappa shape index (κ1) is 19.7. The fourth-order valence-electron chi connectivity index (χ4n) is 4.89. The molecule has 8 nitrogen and oxygen atoms in total. The third-order valence-electron chi connectivity index (χ3n) is 6.33. The second-order valence-electron chi connectivity index (χ2n) is 8.13. The number of benzene rings is 1. The molecule has 0 saturated carbocycles. The highest BCUT2D eigenvalue weighted by Crippen LogP contribution is 2.47. The Morgan fingerprint density at radius 1 is 1.23 bits per heavy atom. The first-order chi connectivity index (χ1) is 14.7. The second-order valence-corrected chi connectivity index (χ2v) is 9.28. The number of nitrogens with zero attached hydrogens (tertiary/aromatic N) is 1. The summed E-state index contributed by atoms with van der Waals surface area (Å²) in [6.07, 6.45) is 2.88. The maximum Gasteiger partial charge on any atom is 0.326 e. The van der Waals surface area contributed by atoms with Crippen LogP contribution in [0.15, 0.2) is 34.9 Å². The number of amides is 3. The molecule has 0 bridgehead atoms. The van der Waals surface area contributed by atoms with E-state index in [0.717, 1.165) is 56.0 Å². The zero-order valence-electron chi connectivity index (χ0n) is 16.9. The maximum atomic E-state index is 13.1. The van der Waals surface area contributed by atoms with Crippen molar-refractivity contribution in [3.63, 3.8) is 0 Å². The number of methoxy groups -OCH3 is 1. The summed E-state index contributed by atoms with van der Waals surface area (Å²) < 4.78 is 5.25. The molecule has 160 valence electrons. The molecule has 1 aromatic carbocycles. The van der Waals surface area contributed by atoms with Gasteiger partial charge in [-0.1, -0.05) is 11.8 Å². The molecular weight excluding hydrogens is 402 g/mol. The molecule has 1 aromatic rings. The first-order valence-corrected chi connectivity index (χ1v) is 11.4. The monoisotopic (exact) mass is 429 g/mol. The number of nitrogens with one attached hydrogen (secondary N) is 4. The lowest BCUT2D eigenvalue weighted by molar-refractivity contribution is -0.117. The minimum absolute atomic E-state index is 0.0162. The van der Waals surface area contributed by atoms with Gasteiger partial charge < -0.3 is 26.0 Å². The highest BCUT2D eigenvalue weighted by atomic mass is 32.2. The van der Waals surface area contributed by atoms with E-state index in [2.05, 4.69) is 21.3 Å². The average molecular weight is 430 g/mol. The maximum absolute atomic E-state index is 13.1. The molecule has 4 heterocycles. The van der Waals surface area contributed by atoms with Crippen LogP contribution in [0.2, 0.25) is 0 Å². The van der Waals surface area contributed by atoms with Gasteiger partial charge in [-0.3, -0.25) is 9.69 Å². The number of carbonyl (C=O) groups is 2. The topological polar surface area (TPSA) is 94.7 Å². The zero-order chi connectivity index (χ0) is 20.7. The molecule has 3 amide bonds. The molecular formula is C21H27N5O3S. The van der Waals surface area contributed by atoms with Gasteiger partial charge in [-0.15, -0.1) is 0 Å². The number of hydrogen-bond donors (Lipinski definition) is 4. The lowest BCUT2D eigenvalue weighted by Crippen LogP contribution is -2.62. The highest BCUT2D eigenvalue weighted by molar-refractivity contribution is 8.04. The van der Waals surface area contributed by atoms with Gasteiger partial charge in [0.1, 0.15) is 5.75 Å². The van der Waals surface area contributed by atoms with Crippen molar-refractivity contribution in [2.75, 3.05) is 31.6 Å². The van der Waals surface area contributed by atoms with E-state index in [1.165, 1.54) is 0 Å². The van der Waals surface area contributed by atoms with E-state index in [-0.39, 0.29) is 35.3 Å². The number of anilines is 1. The van der Waals surface area contributed by atoms with Crippen molar-refractivity contribution < 1.29 is 14.3 Å². The van der Waals surface area contributed by atoms with Crippen molar-refractivity contribution in [1.29, 1.82) is 0 Å². The Bertz CT molecular complexity index is 868. The predicted molar refractivity (Wildman–Crippen MR) is 116 cm³/mol. The summed E-state index contributed by atoms with van der Waals surface area (Å²) in [5, 5.41) is 13.2. The van der Waals surface area contributed by atoms with Crippen molar-refractivity contribution in [3.8, 4) is 5.75 Å². The minimum Gasteiger partial charge on any atom is -0.497 e. The van der Waals surface area contributed by atoms with Gasteiger partial charge in [0.05, 0.1) is 23.4 Å². The van der Waals surface area contributed by atoms with E-state index < -0.39 is 0 Å². The van der Waals surface area contributed by atoms with Crippen molar-refractivity contribution in [2.45, 2.75) is 36.7 Å². The number of rotatable bonds is 4. The third-order valence-corrected chi connectivity index (χ3v) is 7.68. The molecule has 5 rings (SSSR count). The van der Waals surface area contributed by atoms with Crippen LogP contribution in [0.1, 0.15) is 19.3 Å². The Labute approximate surface area is 180 Å². The van der Waals surface area contributed by atoms with E-state index in [1.54, 1.807) is 18.9 Å². The van der Waals surface area contributed by atoms with E-state index in [4.69, 9.17) is 4.74 Å². The van der Waals surface area contributed by atoms with Gasteiger partial charge in [0.2, 0.25) is 0 Å². The molecule has 4 aliphatic rings. The van der Waals surface area contributed by atoms with Gasteiger partial charge in [0.15, 0.2) is 0 Å². The Balaban J connectivity index is 1.41. The largest absolute Gasteiger partial charge is 0.497 e. The van der Waals surface area contributed by atoms with Crippen LogP contribution < -0.4 is 30.9 Å². The first-order valence-electron chi connectivity index (χ1n) is 10.6.